The molecule has 118 valence electrons. The standard InChI is InChI=1S/C12H17ClN2O6/c1-6-2-8(9(15(20)21)3-7(6)13)14-4-10(17)12(19)11(18)5-16/h2-3,10-12,14,16-19H,4-5H2,1H3/t10-,11+,12-/m0/s1. The molecule has 1 rings (SSSR count). The molecule has 0 heterocycles. The summed E-state index contributed by atoms with van der Waals surface area (Å²) in [4.78, 5) is 10.3. The van der Waals surface area contributed by atoms with Crippen molar-refractivity contribution in [3.63, 3.8) is 0 Å². The lowest BCUT2D eigenvalue weighted by atomic mass is 10.1. The Morgan fingerprint density at radius 3 is 2.48 bits per heavy atom. The van der Waals surface area contributed by atoms with E-state index in [1.54, 1.807) is 6.92 Å². The molecule has 0 saturated heterocycles. The number of aryl methyl sites for hydroxylation is 1. The van der Waals surface area contributed by atoms with Crippen LogP contribution in [0.3, 0.4) is 0 Å². The van der Waals surface area contributed by atoms with E-state index in [9.17, 15) is 25.4 Å². The molecule has 9 heteroatoms. The molecule has 0 aliphatic heterocycles. The number of nitrogens with zero attached hydrogens (tertiary/aromatic N) is 1. The van der Waals surface area contributed by atoms with Gasteiger partial charge in [-0.1, -0.05) is 11.6 Å². The Bertz CT molecular complexity index is 513. The van der Waals surface area contributed by atoms with Crippen LogP contribution in [0, 0.1) is 17.0 Å². The Morgan fingerprint density at radius 1 is 1.33 bits per heavy atom. The summed E-state index contributed by atoms with van der Waals surface area (Å²) in [5.74, 6) is 0. The van der Waals surface area contributed by atoms with E-state index in [1.807, 2.05) is 0 Å². The van der Waals surface area contributed by atoms with Crippen molar-refractivity contribution < 1.29 is 25.3 Å². The molecule has 1 aromatic rings. The molecule has 0 radical (unpaired) electrons. The van der Waals surface area contributed by atoms with Crippen LogP contribution in [0.25, 0.3) is 0 Å². The lowest BCUT2D eigenvalue weighted by Crippen LogP contribution is -2.42. The predicted molar refractivity (Wildman–Crippen MR) is 76.4 cm³/mol. The zero-order valence-electron chi connectivity index (χ0n) is 11.2. The van der Waals surface area contributed by atoms with Crippen LogP contribution in [-0.4, -0.2) is 56.8 Å². The summed E-state index contributed by atoms with van der Waals surface area (Å²) in [6.07, 6.45) is -4.48. The van der Waals surface area contributed by atoms with Gasteiger partial charge in [-0.05, 0) is 18.6 Å². The predicted octanol–water partition coefficient (Wildman–Crippen LogP) is 0.0435. The van der Waals surface area contributed by atoms with Gasteiger partial charge in [0.15, 0.2) is 0 Å². The van der Waals surface area contributed by atoms with Crippen molar-refractivity contribution in [3.8, 4) is 0 Å². The van der Waals surface area contributed by atoms with E-state index >= 15 is 0 Å². The number of nitro benzene ring substituents is 1. The molecular formula is C12H17ClN2O6. The topological polar surface area (TPSA) is 136 Å². The molecular weight excluding hydrogens is 304 g/mol. The summed E-state index contributed by atoms with van der Waals surface area (Å²) in [7, 11) is 0. The molecule has 5 N–H and O–H groups in total. The third-order valence-corrected chi connectivity index (χ3v) is 3.36. The number of aliphatic hydroxyl groups is 4. The number of benzene rings is 1. The highest BCUT2D eigenvalue weighted by molar-refractivity contribution is 6.31. The van der Waals surface area contributed by atoms with E-state index in [1.165, 1.54) is 12.1 Å². The number of nitro groups is 1. The lowest BCUT2D eigenvalue weighted by Gasteiger charge is -2.22. The molecule has 0 saturated carbocycles. The maximum absolute atomic E-state index is 10.9. The Balaban J connectivity index is 2.84. The number of hydrogen-bond donors (Lipinski definition) is 5. The number of aliphatic hydroxyl groups excluding tert-OH is 4. The number of nitrogens with one attached hydrogen (secondary N) is 1. The molecule has 0 amide bonds. The molecule has 0 aliphatic rings. The van der Waals surface area contributed by atoms with E-state index in [0.717, 1.165) is 0 Å². The minimum Gasteiger partial charge on any atom is -0.394 e. The largest absolute Gasteiger partial charge is 0.394 e. The van der Waals surface area contributed by atoms with Crippen molar-refractivity contribution in [1.29, 1.82) is 0 Å². The molecule has 21 heavy (non-hydrogen) atoms. The van der Waals surface area contributed by atoms with Gasteiger partial charge >= 0.3 is 0 Å². The van der Waals surface area contributed by atoms with Crippen LogP contribution in [0.4, 0.5) is 11.4 Å². The van der Waals surface area contributed by atoms with Gasteiger partial charge in [0.05, 0.1) is 22.7 Å². The van der Waals surface area contributed by atoms with Crippen LogP contribution in [0.15, 0.2) is 12.1 Å². The van der Waals surface area contributed by atoms with Crippen LogP contribution in [0.2, 0.25) is 5.02 Å². The highest BCUT2D eigenvalue weighted by Crippen LogP contribution is 2.30. The maximum atomic E-state index is 10.9. The Morgan fingerprint density at radius 2 is 1.95 bits per heavy atom. The van der Waals surface area contributed by atoms with E-state index in [4.69, 9.17) is 16.7 Å². The average Bonchev–Trinajstić information content (AvgIpc) is 2.45. The van der Waals surface area contributed by atoms with Crippen LogP contribution in [0.5, 0.6) is 0 Å². The van der Waals surface area contributed by atoms with Crippen LogP contribution in [-0.2, 0) is 0 Å². The van der Waals surface area contributed by atoms with Gasteiger partial charge in [-0.15, -0.1) is 0 Å². The zero-order valence-corrected chi connectivity index (χ0v) is 12.0. The van der Waals surface area contributed by atoms with Gasteiger partial charge < -0.3 is 25.7 Å². The minimum absolute atomic E-state index is 0.131. The van der Waals surface area contributed by atoms with Gasteiger partial charge in [0.2, 0.25) is 0 Å². The summed E-state index contributed by atoms with van der Waals surface area (Å²) in [6, 6.07) is 2.63. The monoisotopic (exact) mass is 320 g/mol. The fourth-order valence-electron chi connectivity index (χ4n) is 1.66. The molecule has 0 bridgehead atoms. The van der Waals surface area contributed by atoms with Crippen LogP contribution >= 0.6 is 11.6 Å². The Labute approximate surface area is 125 Å². The molecule has 0 unspecified atom stereocenters. The molecule has 0 spiro atoms. The second-order valence-corrected chi connectivity index (χ2v) is 4.97. The summed E-state index contributed by atoms with van der Waals surface area (Å²) >= 11 is 5.82. The first-order valence-electron chi connectivity index (χ1n) is 6.11. The highest BCUT2D eigenvalue weighted by Gasteiger charge is 2.25. The smallest absolute Gasteiger partial charge is 0.293 e. The van der Waals surface area contributed by atoms with Gasteiger partial charge in [0, 0.05) is 12.6 Å². The zero-order chi connectivity index (χ0) is 16.2. The van der Waals surface area contributed by atoms with Crippen LogP contribution in [0.1, 0.15) is 5.56 Å². The Hall–Kier alpha value is -1.45. The molecule has 3 atom stereocenters. The Kier molecular flexibility index (Phi) is 6.31. The highest BCUT2D eigenvalue weighted by atomic mass is 35.5. The van der Waals surface area contributed by atoms with Crippen molar-refractivity contribution in [3.05, 3.63) is 32.8 Å². The summed E-state index contributed by atoms with van der Waals surface area (Å²) < 4.78 is 0. The van der Waals surface area contributed by atoms with Crippen molar-refractivity contribution in [1.82, 2.24) is 0 Å². The first kappa shape index (κ1) is 17.6. The molecule has 0 aliphatic carbocycles. The minimum atomic E-state index is -1.57. The lowest BCUT2D eigenvalue weighted by molar-refractivity contribution is -0.384. The van der Waals surface area contributed by atoms with Gasteiger partial charge in [-0.2, -0.15) is 0 Å². The quantitative estimate of drug-likeness (QED) is 0.353. The fourth-order valence-corrected chi connectivity index (χ4v) is 1.82. The average molecular weight is 321 g/mol. The van der Waals surface area contributed by atoms with E-state index < -0.39 is 29.8 Å². The SMILES string of the molecule is Cc1cc(NC[C@H](O)[C@H](O)[C@H](O)CO)c([N+](=O)[O-])cc1Cl. The normalized spacial score (nSPS) is 15.3. The second-order valence-electron chi connectivity index (χ2n) is 4.56. The first-order chi connectivity index (χ1) is 9.77. The van der Waals surface area contributed by atoms with Crippen molar-refractivity contribution in [2.75, 3.05) is 18.5 Å². The first-order valence-corrected chi connectivity index (χ1v) is 6.49. The van der Waals surface area contributed by atoms with Crippen molar-refractivity contribution in [2.45, 2.75) is 25.2 Å². The third kappa shape index (κ3) is 4.51. The summed E-state index contributed by atoms with van der Waals surface area (Å²) in [6.45, 7) is 0.705. The molecule has 8 nitrogen and oxygen atoms in total. The van der Waals surface area contributed by atoms with E-state index in [-0.39, 0.29) is 22.9 Å². The van der Waals surface area contributed by atoms with Gasteiger partial charge in [0.25, 0.3) is 5.69 Å². The summed E-state index contributed by atoms with van der Waals surface area (Å²) in [5.41, 5.74) is 0.469. The van der Waals surface area contributed by atoms with E-state index in [2.05, 4.69) is 5.32 Å². The third-order valence-electron chi connectivity index (χ3n) is 2.95. The number of halogens is 1. The second kappa shape index (κ2) is 7.53. The van der Waals surface area contributed by atoms with Crippen molar-refractivity contribution >= 4 is 23.0 Å². The number of rotatable bonds is 7. The number of anilines is 1. The molecule has 0 aromatic heterocycles. The summed E-state index contributed by atoms with van der Waals surface area (Å²) in [5, 5.41) is 50.8. The van der Waals surface area contributed by atoms with Crippen molar-refractivity contribution in [2.24, 2.45) is 0 Å². The van der Waals surface area contributed by atoms with E-state index in [0.29, 0.717) is 5.56 Å². The fraction of sp³-hybridized carbons (Fsp3) is 0.500. The molecule has 0 fully saturated rings. The van der Waals surface area contributed by atoms with Gasteiger partial charge in [-0.25, -0.2) is 0 Å². The maximum Gasteiger partial charge on any atom is 0.293 e. The van der Waals surface area contributed by atoms with Gasteiger partial charge in [0.1, 0.15) is 17.9 Å². The molecule has 1 aromatic carbocycles. The van der Waals surface area contributed by atoms with Gasteiger partial charge in [-0.3, -0.25) is 10.1 Å². The van der Waals surface area contributed by atoms with Crippen LogP contribution < -0.4 is 5.32 Å². The number of hydrogen-bond acceptors (Lipinski definition) is 7.